The van der Waals surface area contributed by atoms with Crippen LogP contribution in [0.15, 0.2) is 36.7 Å². The average Bonchev–Trinajstić information content (AvgIpc) is 3.44. The normalized spacial score (nSPS) is 23.7. The molecule has 1 spiro atoms. The molecule has 180 valence electrons. The molecule has 1 saturated heterocycles. The van der Waals surface area contributed by atoms with Gasteiger partial charge in [-0.25, -0.2) is 14.4 Å². The minimum Gasteiger partial charge on any atom is -0.340 e. The molecular formula is C25H25ClFN7O. The van der Waals surface area contributed by atoms with Crippen LogP contribution in [0.4, 0.5) is 10.3 Å². The van der Waals surface area contributed by atoms with Crippen LogP contribution in [0, 0.1) is 5.41 Å². The van der Waals surface area contributed by atoms with Gasteiger partial charge in [-0.3, -0.25) is 9.36 Å². The highest BCUT2D eigenvalue weighted by atomic mass is 35.5. The number of carbonyl (C=O) groups excluding carboxylic acids is 1. The molecule has 1 amide bonds. The van der Waals surface area contributed by atoms with E-state index in [1.807, 2.05) is 31.2 Å². The van der Waals surface area contributed by atoms with Gasteiger partial charge in [0, 0.05) is 48.4 Å². The van der Waals surface area contributed by atoms with Crippen molar-refractivity contribution in [3.8, 4) is 5.69 Å². The van der Waals surface area contributed by atoms with E-state index >= 15 is 0 Å². The lowest BCUT2D eigenvalue weighted by atomic mass is 9.57. The summed E-state index contributed by atoms with van der Waals surface area (Å²) in [4.78, 5) is 25.6. The number of halogens is 2. The highest BCUT2D eigenvalue weighted by Gasteiger charge is 2.56. The van der Waals surface area contributed by atoms with Crippen LogP contribution in [0.3, 0.4) is 0 Å². The first kappa shape index (κ1) is 21.2. The van der Waals surface area contributed by atoms with Gasteiger partial charge >= 0.3 is 0 Å². The third kappa shape index (κ3) is 3.20. The Morgan fingerprint density at radius 1 is 1.11 bits per heavy atom. The molecule has 0 N–H and O–H groups in total. The molecule has 2 saturated carbocycles. The van der Waals surface area contributed by atoms with Crippen molar-refractivity contribution in [2.75, 3.05) is 18.0 Å². The summed E-state index contributed by atoms with van der Waals surface area (Å²) in [5, 5.41) is 9.75. The molecule has 4 aliphatic rings. The lowest BCUT2D eigenvalue weighted by Crippen LogP contribution is -2.62. The van der Waals surface area contributed by atoms with Gasteiger partial charge in [-0.15, -0.1) is 10.2 Å². The molecule has 1 atom stereocenters. The number of nitrogens with zero attached hydrogens (tertiary/aromatic N) is 7. The van der Waals surface area contributed by atoms with Gasteiger partial charge in [-0.1, -0.05) is 11.6 Å². The summed E-state index contributed by atoms with van der Waals surface area (Å²) < 4.78 is 16.9. The summed E-state index contributed by atoms with van der Waals surface area (Å²) >= 11 is 6.33. The Labute approximate surface area is 207 Å². The van der Waals surface area contributed by atoms with Crippen molar-refractivity contribution in [3.05, 3.63) is 58.9 Å². The smallest absolute Gasteiger partial charge is 0.261 e. The minimum atomic E-state index is -1.75. The van der Waals surface area contributed by atoms with Crippen LogP contribution in [0.1, 0.15) is 61.8 Å². The van der Waals surface area contributed by atoms with Gasteiger partial charge in [0.1, 0.15) is 5.82 Å². The molecule has 8 nitrogen and oxygen atoms in total. The molecule has 2 aliphatic heterocycles. The number of benzene rings is 1. The van der Waals surface area contributed by atoms with E-state index in [4.69, 9.17) is 11.6 Å². The maximum absolute atomic E-state index is 14.8. The lowest BCUT2D eigenvalue weighted by Gasteiger charge is -2.58. The minimum absolute atomic E-state index is 0.254. The lowest BCUT2D eigenvalue weighted by molar-refractivity contribution is -0.141. The van der Waals surface area contributed by atoms with Crippen LogP contribution in [0.25, 0.3) is 5.69 Å². The molecule has 7 rings (SSSR count). The molecule has 4 heterocycles. The number of hydrogen-bond acceptors (Lipinski definition) is 6. The fourth-order valence-corrected chi connectivity index (χ4v) is 6.26. The van der Waals surface area contributed by atoms with Gasteiger partial charge in [0.25, 0.3) is 5.91 Å². The maximum Gasteiger partial charge on any atom is 0.261 e. The molecular weight excluding hydrogens is 469 g/mol. The van der Waals surface area contributed by atoms with E-state index in [2.05, 4.69) is 29.6 Å². The first-order valence-electron chi connectivity index (χ1n) is 12.1. The Balaban J connectivity index is 1.19. The summed E-state index contributed by atoms with van der Waals surface area (Å²) in [6.45, 7) is 4.09. The predicted molar refractivity (Wildman–Crippen MR) is 127 cm³/mol. The summed E-state index contributed by atoms with van der Waals surface area (Å²) in [6, 6.07) is 7.11. The second-order valence-electron chi connectivity index (χ2n) is 10.6. The predicted octanol–water partition coefficient (Wildman–Crippen LogP) is 4.00. The fourth-order valence-electron chi connectivity index (χ4n) is 6.06. The van der Waals surface area contributed by atoms with E-state index in [0.29, 0.717) is 17.4 Å². The number of rotatable bonds is 3. The number of anilines is 1. The van der Waals surface area contributed by atoms with E-state index in [-0.39, 0.29) is 24.2 Å². The van der Waals surface area contributed by atoms with Gasteiger partial charge < -0.3 is 9.80 Å². The highest BCUT2D eigenvalue weighted by Crippen LogP contribution is 2.56. The molecule has 1 aromatic carbocycles. The fraction of sp³-hybridized carbons (Fsp3) is 0.480. The molecule has 3 fully saturated rings. The quantitative estimate of drug-likeness (QED) is 0.548. The second-order valence-corrected chi connectivity index (χ2v) is 11.0. The standard InChI is InChI=1S/C25H25ClFN7O/c1-15-20-30-31-21(17-10-24(11-17)13-32(14-24)23-28-7-2-8-29-23)34(20)19-4-3-18(26)9-16(19)12-33(15)22(35)25(27)5-6-25/h2-4,7-9,15,17H,5-6,10-14H2,1H3. The van der Waals surface area contributed by atoms with Crippen molar-refractivity contribution in [1.82, 2.24) is 29.6 Å². The number of hydrogen-bond donors (Lipinski definition) is 0. The van der Waals surface area contributed by atoms with E-state index in [1.165, 1.54) is 0 Å². The van der Waals surface area contributed by atoms with Gasteiger partial charge in [-0.2, -0.15) is 0 Å². The number of amides is 1. The first-order chi connectivity index (χ1) is 16.9. The van der Waals surface area contributed by atoms with E-state index in [9.17, 15) is 9.18 Å². The average molecular weight is 494 g/mol. The first-order valence-corrected chi connectivity index (χ1v) is 12.5. The van der Waals surface area contributed by atoms with Crippen LogP contribution in [0.2, 0.25) is 5.02 Å². The highest BCUT2D eigenvalue weighted by molar-refractivity contribution is 6.30. The van der Waals surface area contributed by atoms with Crippen LogP contribution in [-0.4, -0.2) is 54.3 Å². The summed E-state index contributed by atoms with van der Waals surface area (Å²) in [7, 11) is 0. The molecule has 35 heavy (non-hydrogen) atoms. The largest absolute Gasteiger partial charge is 0.340 e. The maximum atomic E-state index is 14.8. The summed E-state index contributed by atoms with van der Waals surface area (Å²) in [6.07, 6.45) is 6.14. The molecule has 2 aliphatic carbocycles. The van der Waals surface area contributed by atoms with Crippen molar-refractivity contribution >= 4 is 23.5 Å². The third-order valence-corrected chi connectivity index (χ3v) is 8.36. The van der Waals surface area contributed by atoms with Gasteiger partial charge in [0.2, 0.25) is 5.95 Å². The van der Waals surface area contributed by atoms with Gasteiger partial charge in [0.15, 0.2) is 11.5 Å². The molecule has 2 aromatic heterocycles. The Hall–Kier alpha value is -3.07. The molecule has 0 bridgehead atoms. The molecule has 0 radical (unpaired) electrons. The Morgan fingerprint density at radius 2 is 1.83 bits per heavy atom. The van der Waals surface area contributed by atoms with Gasteiger partial charge in [0.05, 0.1) is 11.7 Å². The zero-order chi connectivity index (χ0) is 23.9. The van der Waals surface area contributed by atoms with Crippen LogP contribution in [0.5, 0.6) is 0 Å². The van der Waals surface area contributed by atoms with Crippen LogP contribution in [-0.2, 0) is 11.3 Å². The summed E-state index contributed by atoms with van der Waals surface area (Å²) in [5.74, 6) is 2.17. The zero-order valence-corrected chi connectivity index (χ0v) is 20.1. The van der Waals surface area contributed by atoms with Crippen molar-refractivity contribution in [1.29, 1.82) is 0 Å². The van der Waals surface area contributed by atoms with Crippen molar-refractivity contribution in [2.45, 2.75) is 56.8 Å². The van der Waals surface area contributed by atoms with Crippen LogP contribution >= 0.6 is 11.6 Å². The number of fused-ring (bicyclic) bond motifs is 3. The zero-order valence-electron chi connectivity index (χ0n) is 19.4. The number of carbonyl (C=O) groups is 1. The number of alkyl halides is 1. The SMILES string of the molecule is CC1c2nnc(C3CC4(C3)CN(c3ncccn3)C4)n2-c2ccc(Cl)cc2CN1C(=O)C1(F)CC1. The topological polar surface area (TPSA) is 80.0 Å². The Bertz CT molecular complexity index is 1330. The van der Waals surface area contributed by atoms with Crippen LogP contribution < -0.4 is 4.90 Å². The molecule has 10 heteroatoms. The number of aromatic nitrogens is 5. The summed E-state index contributed by atoms with van der Waals surface area (Å²) in [5.41, 5.74) is 0.310. The molecule has 1 unspecified atom stereocenters. The van der Waals surface area contributed by atoms with E-state index < -0.39 is 17.6 Å². The monoisotopic (exact) mass is 493 g/mol. The van der Waals surface area contributed by atoms with Crippen molar-refractivity contribution < 1.29 is 9.18 Å². The Morgan fingerprint density at radius 3 is 2.54 bits per heavy atom. The third-order valence-electron chi connectivity index (χ3n) is 8.12. The van der Waals surface area contributed by atoms with Gasteiger partial charge in [-0.05, 0) is 62.4 Å². The van der Waals surface area contributed by atoms with E-state index in [1.54, 1.807) is 17.3 Å². The van der Waals surface area contributed by atoms with E-state index in [0.717, 1.165) is 49.0 Å². The second kappa shape index (κ2) is 7.22. The van der Waals surface area contributed by atoms with Crippen molar-refractivity contribution in [3.63, 3.8) is 0 Å². The molecule has 3 aromatic rings. The Kier molecular flexibility index (Phi) is 4.38. The van der Waals surface area contributed by atoms with Crippen molar-refractivity contribution in [2.24, 2.45) is 5.41 Å².